The number of aryl methyl sites for hydroxylation is 1. The Labute approximate surface area is 138 Å². The molecule has 0 saturated heterocycles. The van der Waals surface area contributed by atoms with Gasteiger partial charge < -0.3 is 4.74 Å². The first-order valence-corrected chi connectivity index (χ1v) is 7.39. The summed E-state index contributed by atoms with van der Waals surface area (Å²) >= 11 is 5.70. The van der Waals surface area contributed by atoms with Crippen LogP contribution in [-0.4, -0.2) is 23.4 Å². The zero-order valence-electron chi connectivity index (χ0n) is 12.5. The second-order valence-corrected chi connectivity index (χ2v) is 5.01. The summed E-state index contributed by atoms with van der Waals surface area (Å²) in [5.74, 6) is -0.307. The second kappa shape index (κ2) is 8.14. The maximum absolute atomic E-state index is 11.8. The van der Waals surface area contributed by atoms with Crippen molar-refractivity contribution in [1.29, 1.82) is 0 Å². The molecule has 0 radical (unpaired) electrons. The fraction of sp³-hybridized carbons (Fsp3) is 0.188. The summed E-state index contributed by atoms with van der Waals surface area (Å²) in [5, 5.41) is 0.198. The molecule has 7 heteroatoms. The number of hydrazine groups is 1. The van der Waals surface area contributed by atoms with Crippen molar-refractivity contribution in [3.05, 3.63) is 58.9 Å². The molecule has 120 valence electrons. The zero-order chi connectivity index (χ0) is 16.7. The van der Waals surface area contributed by atoms with Crippen LogP contribution in [0.4, 0.5) is 0 Å². The molecule has 23 heavy (non-hydrogen) atoms. The summed E-state index contributed by atoms with van der Waals surface area (Å²) in [6.45, 7) is 1.80. The lowest BCUT2D eigenvalue weighted by molar-refractivity contribution is -0.123. The van der Waals surface area contributed by atoms with Crippen molar-refractivity contribution in [1.82, 2.24) is 15.8 Å². The first-order chi connectivity index (χ1) is 11.1. The molecule has 1 aromatic heterocycles. The van der Waals surface area contributed by atoms with E-state index >= 15 is 0 Å². The molecule has 2 N–H and O–H groups in total. The lowest BCUT2D eigenvalue weighted by atomic mass is 10.1. The minimum Gasteiger partial charge on any atom is -0.483 e. The van der Waals surface area contributed by atoms with Crippen LogP contribution in [0.5, 0.6) is 5.75 Å². The molecule has 0 unspecified atom stereocenters. The molecule has 0 saturated carbocycles. The van der Waals surface area contributed by atoms with Crippen LogP contribution in [0.2, 0.25) is 5.15 Å². The average molecular weight is 334 g/mol. The number of benzene rings is 1. The third-order valence-electron chi connectivity index (χ3n) is 3.02. The minimum absolute atomic E-state index is 0.198. The summed E-state index contributed by atoms with van der Waals surface area (Å²) in [4.78, 5) is 27.3. The Morgan fingerprint density at radius 3 is 2.74 bits per heavy atom. The largest absolute Gasteiger partial charge is 0.483 e. The van der Waals surface area contributed by atoms with E-state index in [1.807, 2.05) is 25.1 Å². The van der Waals surface area contributed by atoms with E-state index in [0.717, 1.165) is 12.0 Å². The number of amides is 2. The molecule has 0 bridgehead atoms. The van der Waals surface area contributed by atoms with Crippen molar-refractivity contribution in [2.24, 2.45) is 0 Å². The second-order valence-electron chi connectivity index (χ2n) is 4.62. The van der Waals surface area contributed by atoms with Gasteiger partial charge in [0.2, 0.25) is 0 Å². The van der Waals surface area contributed by atoms with Crippen LogP contribution in [0.3, 0.4) is 0 Å². The normalized spacial score (nSPS) is 10.0. The molecular weight excluding hydrogens is 318 g/mol. The van der Waals surface area contributed by atoms with Crippen molar-refractivity contribution >= 4 is 23.4 Å². The number of para-hydroxylation sites is 1. The van der Waals surface area contributed by atoms with Crippen LogP contribution in [0, 0.1) is 0 Å². The number of carbonyl (C=O) groups is 2. The van der Waals surface area contributed by atoms with E-state index in [1.54, 1.807) is 6.07 Å². The molecule has 0 atom stereocenters. The molecule has 0 aliphatic rings. The maximum Gasteiger partial charge on any atom is 0.276 e. The molecule has 1 aromatic carbocycles. The molecule has 1 heterocycles. The highest BCUT2D eigenvalue weighted by atomic mass is 35.5. The molecular formula is C16H16ClN3O3. The third-order valence-corrected chi connectivity index (χ3v) is 3.22. The topological polar surface area (TPSA) is 80.3 Å². The monoisotopic (exact) mass is 333 g/mol. The quantitative estimate of drug-likeness (QED) is 0.649. The number of hydrogen-bond donors (Lipinski definition) is 2. The van der Waals surface area contributed by atoms with E-state index in [2.05, 4.69) is 15.8 Å². The SMILES string of the molecule is CCc1ccccc1OCC(=O)NNC(=O)c1ccnc(Cl)c1. The molecule has 2 rings (SSSR count). The zero-order valence-corrected chi connectivity index (χ0v) is 13.3. The fourth-order valence-electron chi connectivity index (χ4n) is 1.86. The Balaban J connectivity index is 1.82. The van der Waals surface area contributed by atoms with Crippen molar-refractivity contribution in [3.8, 4) is 5.75 Å². The van der Waals surface area contributed by atoms with Crippen LogP contribution < -0.4 is 15.6 Å². The van der Waals surface area contributed by atoms with Gasteiger partial charge in [0.15, 0.2) is 6.61 Å². The Morgan fingerprint density at radius 1 is 1.22 bits per heavy atom. The fourth-order valence-corrected chi connectivity index (χ4v) is 2.03. The Bertz CT molecular complexity index is 706. The standard InChI is InChI=1S/C16H16ClN3O3/c1-2-11-5-3-4-6-13(11)23-10-15(21)19-20-16(22)12-7-8-18-14(17)9-12/h3-9H,2,10H2,1H3,(H,19,21)(H,20,22). The number of rotatable bonds is 5. The van der Waals surface area contributed by atoms with Crippen molar-refractivity contribution in [2.75, 3.05) is 6.61 Å². The van der Waals surface area contributed by atoms with Crippen molar-refractivity contribution < 1.29 is 14.3 Å². The van der Waals surface area contributed by atoms with Crippen LogP contribution in [0.1, 0.15) is 22.8 Å². The van der Waals surface area contributed by atoms with E-state index in [1.165, 1.54) is 18.3 Å². The molecule has 6 nitrogen and oxygen atoms in total. The van der Waals surface area contributed by atoms with E-state index in [0.29, 0.717) is 11.3 Å². The van der Waals surface area contributed by atoms with Gasteiger partial charge in [0, 0.05) is 11.8 Å². The van der Waals surface area contributed by atoms with Crippen molar-refractivity contribution in [3.63, 3.8) is 0 Å². The van der Waals surface area contributed by atoms with Gasteiger partial charge in [0.1, 0.15) is 10.9 Å². The Kier molecular flexibility index (Phi) is 5.94. The first kappa shape index (κ1) is 16.8. The summed E-state index contributed by atoms with van der Waals surface area (Å²) in [5.41, 5.74) is 5.87. The van der Waals surface area contributed by atoms with E-state index in [9.17, 15) is 9.59 Å². The van der Waals surface area contributed by atoms with Gasteiger partial charge in [0.05, 0.1) is 0 Å². The first-order valence-electron chi connectivity index (χ1n) is 7.01. The van der Waals surface area contributed by atoms with Crippen molar-refractivity contribution in [2.45, 2.75) is 13.3 Å². The predicted molar refractivity (Wildman–Crippen MR) is 86.2 cm³/mol. The van der Waals surface area contributed by atoms with Gasteiger partial charge in [-0.05, 0) is 30.2 Å². The van der Waals surface area contributed by atoms with E-state index in [-0.39, 0.29) is 11.8 Å². The number of nitrogens with zero attached hydrogens (tertiary/aromatic N) is 1. The third kappa shape index (κ3) is 4.96. The summed E-state index contributed by atoms with van der Waals surface area (Å²) in [6.07, 6.45) is 2.21. The van der Waals surface area contributed by atoms with Crippen LogP contribution in [0.25, 0.3) is 0 Å². The maximum atomic E-state index is 11.8. The Hall–Kier alpha value is -2.60. The minimum atomic E-state index is -0.489. The highest BCUT2D eigenvalue weighted by molar-refractivity contribution is 6.29. The highest BCUT2D eigenvalue weighted by Crippen LogP contribution is 2.17. The smallest absolute Gasteiger partial charge is 0.276 e. The van der Waals surface area contributed by atoms with Gasteiger partial charge in [-0.25, -0.2) is 4.98 Å². The van der Waals surface area contributed by atoms with E-state index < -0.39 is 11.8 Å². The Morgan fingerprint density at radius 2 is 2.00 bits per heavy atom. The van der Waals surface area contributed by atoms with E-state index in [4.69, 9.17) is 16.3 Å². The number of carbonyl (C=O) groups excluding carboxylic acids is 2. The molecule has 0 spiro atoms. The lowest BCUT2D eigenvalue weighted by Crippen LogP contribution is -2.43. The van der Waals surface area contributed by atoms with Gasteiger partial charge in [-0.1, -0.05) is 36.7 Å². The predicted octanol–water partition coefficient (Wildman–Crippen LogP) is 2.14. The molecule has 2 amide bonds. The molecule has 0 aliphatic heterocycles. The average Bonchev–Trinajstić information content (AvgIpc) is 2.58. The van der Waals surface area contributed by atoms with Crippen LogP contribution in [0.15, 0.2) is 42.6 Å². The number of aromatic nitrogens is 1. The molecule has 2 aromatic rings. The number of nitrogens with one attached hydrogen (secondary N) is 2. The number of hydrogen-bond acceptors (Lipinski definition) is 4. The molecule has 0 fully saturated rings. The van der Waals surface area contributed by atoms with Crippen LogP contribution >= 0.6 is 11.6 Å². The summed E-state index contributed by atoms with van der Waals surface area (Å²) in [6, 6.07) is 10.4. The van der Waals surface area contributed by atoms with Gasteiger partial charge in [-0.3, -0.25) is 20.4 Å². The summed E-state index contributed by atoms with van der Waals surface area (Å²) < 4.78 is 5.45. The summed E-state index contributed by atoms with van der Waals surface area (Å²) in [7, 11) is 0. The molecule has 0 aliphatic carbocycles. The number of pyridine rings is 1. The van der Waals surface area contributed by atoms with Crippen LogP contribution in [-0.2, 0) is 11.2 Å². The van der Waals surface area contributed by atoms with Gasteiger partial charge >= 0.3 is 0 Å². The van der Waals surface area contributed by atoms with Gasteiger partial charge in [-0.15, -0.1) is 0 Å². The highest BCUT2D eigenvalue weighted by Gasteiger charge is 2.09. The lowest BCUT2D eigenvalue weighted by Gasteiger charge is -2.11. The van der Waals surface area contributed by atoms with Gasteiger partial charge in [0.25, 0.3) is 11.8 Å². The van der Waals surface area contributed by atoms with Gasteiger partial charge in [-0.2, -0.15) is 0 Å². The number of halogens is 1. The number of ether oxygens (including phenoxy) is 1.